The molecule has 0 amide bonds. The number of nitriles is 1. The molecule has 2 rings (SSSR count). The summed E-state index contributed by atoms with van der Waals surface area (Å²) in [5.41, 5.74) is 1.05. The highest BCUT2D eigenvalue weighted by molar-refractivity contribution is 5.96. The lowest BCUT2D eigenvalue weighted by molar-refractivity contribution is 0.0498. The van der Waals surface area contributed by atoms with E-state index in [9.17, 15) is 9.59 Å². The normalized spacial score (nSPS) is 10.0. The first-order valence-corrected chi connectivity index (χ1v) is 8.63. The molecular formula is C21H21NO4. The summed E-state index contributed by atoms with van der Waals surface area (Å²) in [5, 5.41) is 8.77. The van der Waals surface area contributed by atoms with Gasteiger partial charge in [0.25, 0.3) is 0 Å². The van der Waals surface area contributed by atoms with Crippen LogP contribution in [0.5, 0.6) is 5.75 Å². The quantitative estimate of drug-likeness (QED) is 0.397. The summed E-state index contributed by atoms with van der Waals surface area (Å²) in [7, 11) is 0. The molecular weight excluding hydrogens is 330 g/mol. The molecule has 0 radical (unpaired) electrons. The lowest BCUT2D eigenvalue weighted by atomic mass is 10.1. The number of unbranched alkanes of at least 4 members (excludes halogenated alkanes) is 3. The van der Waals surface area contributed by atoms with Crippen LogP contribution in [0.2, 0.25) is 0 Å². The summed E-state index contributed by atoms with van der Waals surface area (Å²) in [5.74, 6) is -0.695. The van der Waals surface area contributed by atoms with E-state index in [-0.39, 0.29) is 5.56 Å². The maximum absolute atomic E-state index is 12.2. The van der Waals surface area contributed by atoms with Crippen LogP contribution in [0.25, 0.3) is 0 Å². The zero-order chi connectivity index (χ0) is 18.8. The van der Waals surface area contributed by atoms with E-state index >= 15 is 0 Å². The number of carbonyl (C=O) groups is 2. The zero-order valence-corrected chi connectivity index (χ0v) is 14.7. The smallest absolute Gasteiger partial charge is 0.343 e. The summed E-state index contributed by atoms with van der Waals surface area (Å²) < 4.78 is 10.5. The Balaban J connectivity index is 1.95. The Morgan fingerprint density at radius 2 is 1.65 bits per heavy atom. The minimum absolute atomic E-state index is 0.259. The number of benzene rings is 2. The van der Waals surface area contributed by atoms with Gasteiger partial charge in [-0.3, -0.25) is 0 Å². The maximum atomic E-state index is 12.2. The molecule has 5 nitrogen and oxygen atoms in total. The van der Waals surface area contributed by atoms with Crippen LogP contribution < -0.4 is 4.74 Å². The van der Waals surface area contributed by atoms with E-state index < -0.39 is 11.9 Å². The van der Waals surface area contributed by atoms with Crippen LogP contribution in [-0.2, 0) is 4.74 Å². The summed E-state index contributed by atoms with van der Waals surface area (Å²) in [6, 6.07) is 14.5. The number of ether oxygens (including phenoxy) is 2. The predicted molar refractivity (Wildman–Crippen MR) is 97.0 cm³/mol. The average molecular weight is 351 g/mol. The average Bonchev–Trinajstić information content (AvgIpc) is 2.68. The fraction of sp³-hybridized carbons (Fsp3) is 0.286. The molecule has 0 aliphatic heterocycles. The van der Waals surface area contributed by atoms with E-state index in [1.165, 1.54) is 6.07 Å². The molecule has 0 spiro atoms. The number of esters is 2. The van der Waals surface area contributed by atoms with Crippen molar-refractivity contribution < 1.29 is 19.1 Å². The van der Waals surface area contributed by atoms with E-state index in [1.807, 2.05) is 6.07 Å². The molecule has 0 saturated heterocycles. The molecule has 0 atom stereocenters. The molecule has 26 heavy (non-hydrogen) atoms. The SMILES string of the molecule is CCCCCCOC(=O)c1cccc(C(=O)Oc2ccc(C#N)cc2)c1. The van der Waals surface area contributed by atoms with E-state index in [0.717, 1.165) is 25.7 Å². The molecule has 0 aliphatic rings. The van der Waals surface area contributed by atoms with Crippen LogP contribution in [-0.4, -0.2) is 18.5 Å². The number of rotatable bonds is 8. The van der Waals surface area contributed by atoms with E-state index in [2.05, 4.69) is 6.92 Å². The van der Waals surface area contributed by atoms with Gasteiger partial charge in [-0.2, -0.15) is 5.26 Å². The second-order valence-electron chi connectivity index (χ2n) is 5.80. The van der Waals surface area contributed by atoms with Gasteiger partial charge in [-0.15, -0.1) is 0 Å². The first-order chi connectivity index (χ1) is 12.6. The number of hydrogen-bond acceptors (Lipinski definition) is 5. The van der Waals surface area contributed by atoms with Crippen molar-refractivity contribution in [3.63, 3.8) is 0 Å². The van der Waals surface area contributed by atoms with Gasteiger partial charge in [-0.1, -0.05) is 32.3 Å². The topological polar surface area (TPSA) is 76.4 Å². The predicted octanol–water partition coefficient (Wildman–Crippen LogP) is 4.51. The van der Waals surface area contributed by atoms with Crippen LogP contribution in [0.4, 0.5) is 0 Å². The molecule has 0 N–H and O–H groups in total. The Labute approximate surface area is 153 Å². The molecule has 0 bridgehead atoms. The Kier molecular flexibility index (Phi) is 7.38. The molecule has 0 fully saturated rings. The fourth-order valence-corrected chi connectivity index (χ4v) is 2.31. The highest BCUT2D eigenvalue weighted by Crippen LogP contribution is 2.15. The summed E-state index contributed by atoms with van der Waals surface area (Å²) in [4.78, 5) is 24.3. The Morgan fingerprint density at radius 1 is 0.962 bits per heavy atom. The molecule has 0 unspecified atom stereocenters. The van der Waals surface area contributed by atoms with Gasteiger partial charge in [0, 0.05) is 0 Å². The van der Waals surface area contributed by atoms with Crippen molar-refractivity contribution in [2.45, 2.75) is 32.6 Å². The molecule has 0 heterocycles. The van der Waals surface area contributed by atoms with Crippen molar-refractivity contribution >= 4 is 11.9 Å². The van der Waals surface area contributed by atoms with Crippen molar-refractivity contribution in [1.29, 1.82) is 5.26 Å². The van der Waals surface area contributed by atoms with Gasteiger partial charge < -0.3 is 9.47 Å². The highest BCUT2D eigenvalue weighted by Gasteiger charge is 2.13. The maximum Gasteiger partial charge on any atom is 0.343 e. The van der Waals surface area contributed by atoms with Crippen LogP contribution >= 0.6 is 0 Å². The standard InChI is InChI=1S/C21H21NO4/c1-2-3-4-5-13-25-20(23)17-7-6-8-18(14-17)21(24)26-19-11-9-16(15-22)10-12-19/h6-12,14H,2-5,13H2,1H3. The Bertz CT molecular complexity index is 790. The third-order valence-electron chi connectivity index (χ3n) is 3.76. The van der Waals surface area contributed by atoms with E-state index in [1.54, 1.807) is 42.5 Å². The molecule has 0 saturated carbocycles. The van der Waals surface area contributed by atoms with E-state index in [0.29, 0.717) is 23.5 Å². The first-order valence-electron chi connectivity index (χ1n) is 8.63. The number of hydrogen-bond donors (Lipinski definition) is 0. The van der Waals surface area contributed by atoms with Gasteiger partial charge in [-0.05, 0) is 48.9 Å². The molecule has 2 aromatic carbocycles. The second-order valence-corrected chi connectivity index (χ2v) is 5.80. The van der Waals surface area contributed by atoms with Crippen molar-refractivity contribution in [2.75, 3.05) is 6.61 Å². The molecule has 0 aromatic heterocycles. The second kappa shape index (κ2) is 10.00. The minimum Gasteiger partial charge on any atom is -0.462 e. The minimum atomic E-state index is -0.577. The fourth-order valence-electron chi connectivity index (χ4n) is 2.31. The van der Waals surface area contributed by atoms with Gasteiger partial charge in [0.05, 0.1) is 29.4 Å². The van der Waals surface area contributed by atoms with Crippen LogP contribution in [0, 0.1) is 11.3 Å². The van der Waals surface area contributed by atoms with Crippen molar-refractivity contribution in [1.82, 2.24) is 0 Å². The van der Waals surface area contributed by atoms with Crippen LogP contribution in [0.3, 0.4) is 0 Å². The van der Waals surface area contributed by atoms with Crippen molar-refractivity contribution in [2.24, 2.45) is 0 Å². The summed E-state index contributed by atoms with van der Waals surface area (Å²) >= 11 is 0. The van der Waals surface area contributed by atoms with Crippen LogP contribution in [0.1, 0.15) is 58.9 Å². The van der Waals surface area contributed by atoms with Gasteiger partial charge in [-0.25, -0.2) is 9.59 Å². The lowest BCUT2D eigenvalue weighted by Gasteiger charge is -2.07. The number of nitrogens with zero attached hydrogens (tertiary/aromatic N) is 1. The van der Waals surface area contributed by atoms with Gasteiger partial charge in [0.2, 0.25) is 0 Å². The van der Waals surface area contributed by atoms with Crippen LogP contribution in [0.15, 0.2) is 48.5 Å². The summed E-state index contributed by atoms with van der Waals surface area (Å²) in [6.45, 7) is 2.49. The van der Waals surface area contributed by atoms with Crippen molar-refractivity contribution in [3.05, 3.63) is 65.2 Å². The molecule has 134 valence electrons. The van der Waals surface area contributed by atoms with Gasteiger partial charge >= 0.3 is 11.9 Å². The van der Waals surface area contributed by atoms with Gasteiger partial charge in [0.1, 0.15) is 5.75 Å². The molecule has 2 aromatic rings. The third-order valence-corrected chi connectivity index (χ3v) is 3.76. The summed E-state index contributed by atoms with van der Waals surface area (Å²) in [6.07, 6.45) is 4.10. The van der Waals surface area contributed by atoms with Gasteiger partial charge in [0.15, 0.2) is 0 Å². The lowest BCUT2D eigenvalue weighted by Crippen LogP contribution is -2.11. The third kappa shape index (κ3) is 5.75. The highest BCUT2D eigenvalue weighted by atomic mass is 16.5. The number of carbonyl (C=O) groups excluding carboxylic acids is 2. The first kappa shape index (κ1) is 19.2. The Hall–Kier alpha value is -3.13. The zero-order valence-electron chi connectivity index (χ0n) is 14.7. The Morgan fingerprint density at radius 3 is 2.31 bits per heavy atom. The molecule has 0 aliphatic carbocycles. The van der Waals surface area contributed by atoms with Crippen molar-refractivity contribution in [3.8, 4) is 11.8 Å². The largest absolute Gasteiger partial charge is 0.462 e. The monoisotopic (exact) mass is 351 g/mol. The van der Waals surface area contributed by atoms with E-state index in [4.69, 9.17) is 14.7 Å². The molecule has 5 heteroatoms.